The maximum Gasteiger partial charge on any atom is 0.164 e. The zero-order valence-corrected chi connectivity index (χ0v) is 32.3. The van der Waals surface area contributed by atoms with Crippen LogP contribution in [0.1, 0.15) is 0 Å². The Labute approximate surface area is 345 Å². The van der Waals surface area contributed by atoms with Crippen LogP contribution < -0.4 is 0 Å². The highest BCUT2D eigenvalue weighted by Crippen LogP contribution is 2.40. The number of nitrogens with zero attached hydrogens (tertiary/aromatic N) is 4. The molecule has 9 aromatic carbocycles. The van der Waals surface area contributed by atoms with Crippen LogP contribution >= 0.6 is 0 Å². The SMILES string of the molecule is c1ccc(-c2ccc(-c3nc(-c4ccccc4)nc(-c4ccc5c(c4)oc4cc(-n6c7ccc(-c8ccccc8)cc7c7c8ccccc8ccc76)ccc45)n3)cc2)cc1. The van der Waals surface area contributed by atoms with Gasteiger partial charge in [-0.3, -0.25) is 0 Å². The number of furan rings is 1. The van der Waals surface area contributed by atoms with Gasteiger partial charge in [0.05, 0.1) is 11.0 Å². The summed E-state index contributed by atoms with van der Waals surface area (Å²) in [6.45, 7) is 0. The molecule has 3 aromatic heterocycles. The first-order valence-corrected chi connectivity index (χ1v) is 20.2. The fourth-order valence-electron chi connectivity index (χ4n) is 8.72. The lowest BCUT2D eigenvalue weighted by Gasteiger charge is -2.09. The summed E-state index contributed by atoms with van der Waals surface area (Å²) < 4.78 is 9.09. The molecule has 0 saturated heterocycles. The number of rotatable bonds is 6. The van der Waals surface area contributed by atoms with Gasteiger partial charge in [0, 0.05) is 50.0 Å². The van der Waals surface area contributed by atoms with E-state index in [1.54, 1.807) is 0 Å². The van der Waals surface area contributed by atoms with E-state index in [1.165, 1.54) is 32.7 Å². The van der Waals surface area contributed by atoms with Crippen molar-refractivity contribution in [1.82, 2.24) is 19.5 Å². The van der Waals surface area contributed by atoms with E-state index < -0.39 is 0 Å². The Hall–Kier alpha value is -8.15. The lowest BCUT2D eigenvalue weighted by atomic mass is 10.0. The summed E-state index contributed by atoms with van der Waals surface area (Å²) in [5.41, 5.74) is 12.3. The molecule has 280 valence electrons. The van der Waals surface area contributed by atoms with Crippen LogP contribution in [0.5, 0.6) is 0 Å². The zero-order chi connectivity index (χ0) is 39.6. The van der Waals surface area contributed by atoms with E-state index in [-0.39, 0.29) is 0 Å². The molecular formula is C55H34N4O. The van der Waals surface area contributed by atoms with Crippen LogP contribution in [0.3, 0.4) is 0 Å². The molecule has 5 heteroatoms. The third-order valence-corrected chi connectivity index (χ3v) is 11.7. The van der Waals surface area contributed by atoms with Crippen LogP contribution in [0.2, 0.25) is 0 Å². The van der Waals surface area contributed by atoms with E-state index in [1.807, 2.05) is 36.4 Å². The Morgan fingerprint density at radius 1 is 0.317 bits per heavy atom. The Kier molecular flexibility index (Phi) is 7.78. The predicted molar refractivity (Wildman–Crippen MR) is 246 cm³/mol. The molecule has 12 rings (SSSR count). The van der Waals surface area contributed by atoms with Crippen molar-refractivity contribution in [2.75, 3.05) is 0 Å². The monoisotopic (exact) mass is 766 g/mol. The number of fused-ring (bicyclic) bond motifs is 8. The van der Waals surface area contributed by atoms with E-state index in [2.05, 4.69) is 174 Å². The van der Waals surface area contributed by atoms with Gasteiger partial charge in [-0.25, -0.2) is 15.0 Å². The quantitative estimate of drug-likeness (QED) is 0.169. The summed E-state index contributed by atoms with van der Waals surface area (Å²) in [5, 5.41) is 7.01. The molecule has 0 spiro atoms. The number of hydrogen-bond acceptors (Lipinski definition) is 4. The van der Waals surface area contributed by atoms with E-state index in [9.17, 15) is 0 Å². The smallest absolute Gasteiger partial charge is 0.164 e. The molecule has 0 atom stereocenters. The maximum absolute atomic E-state index is 6.73. The first-order valence-electron chi connectivity index (χ1n) is 20.2. The van der Waals surface area contributed by atoms with Gasteiger partial charge >= 0.3 is 0 Å². The Morgan fingerprint density at radius 2 is 0.817 bits per heavy atom. The van der Waals surface area contributed by atoms with Crippen LogP contribution in [0.25, 0.3) is 117 Å². The van der Waals surface area contributed by atoms with Crippen molar-refractivity contribution in [2.45, 2.75) is 0 Å². The minimum absolute atomic E-state index is 0.585. The van der Waals surface area contributed by atoms with Gasteiger partial charge in [-0.1, -0.05) is 158 Å². The summed E-state index contributed by atoms with van der Waals surface area (Å²) >= 11 is 0. The molecule has 0 N–H and O–H groups in total. The lowest BCUT2D eigenvalue weighted by molar-refractivity contribution is 0.668. The Bertz CT molecular complexity index is 3570. The summed E-state index contributed by atoms with van der Waals surface area (Å²) in [5.74, 6) is 1.82. The maximum atomic E-state index is 6.73. The lowest BCUT2D eigenvalue weighted by Crippen LogP contribution is -2.00. The number of benzene rings is 9. The van der Waals surface area contributed by atoms with Gasteiger partial charge in [0.25, 0.3) is 0 Å². The second-order valence-electron chi connectivity index (χ2n) is 15.2. The number of hydrogen-bond donors (Lipinski definition) is 0. The highest BCUT2D eigenvalue weighted by molar-refractivity contribution is 6.22. The van der Waals surface area contributed by atoms with E-state index in [4.69, 9.17) is 19.4 Å². The molecule has 0 aliphatic heterocycles. The summed E-state index contributed by atoms with van der Waals surface area (Å²) in [6.07, 6.45) is 0. The van der Waals surface area contributed by atoms with Crippen LogP contribution in [0, 0.1) is 0 Å². The van der Waals surface area contributed by atoms with Crippen molar-refractivity contribution >= 4 is 54.5 Å². The van der Waals surface area contributed by atoms with Crippen molar-refractivity contribution in [2.24, 2.45) is 0 Å². The predicted octanol–water partition coefficient (Wildman–Crippen LogP) is 14.4. The topological polar surface area (TPSA) is 56.7 Å². The average molecular weight is 767 g/mol. The molecule has 0 fully saturated rings. The van der Waals surface area contributed by atoms with Gasteiger partial charge in [0.2, 0.25) is 0 Å². The normalized spacial score (nSPS) is 11.7. The molecular weight excluding hydrogens is 733 g/mol. The van der Waals surface area contributed by atoms with Gasteiger partial charge in [-0.15, -0.1) is 0 Å². The second kappa shape index (κ2) is 13.8. The summed E-state index contributed by atoms with van der Waals surface area (Å²) in [6, 6.07) is 72.2. The van der Waals surface area contributed by atoms with Crippen LogP contribution in [0.4, 0.5) is 0 Å². The molecule has 0 aliphatic rings. The van der Waals surface area contributed by atoms with Crippen molar-refractivity contribution in [3.05, 3.63) is 206 Å². The minimum Gasteiger partial charge on any atom is -0.456 e. The van der Waals surface area contributed by atoms with Crippen molar-refractivity contribution < 1.29 is 4.42 Å². The van der Waals surface area contributed by atoms with Crippen molar-refractivity contribution in [1.29, 1.82) is 0 Å². The first kappa shape index (κ1) is 33.9. The molecule has 12 aromatic rings. The molecule has 0 saturated carbocycles. The molecule has 3 heterocycles. The van der Waals surface area contributed by atoms with E-state index in [0.29, 0.717) is 17.5 Å². The fourth-order valence-corrected chi connectivity index (χ4v) is 8.72. The highest BCUT2D eigenvalue weighted by atomic mass is 16.3. The van der Waals surface area contributed by atoms with Gasteiger partial charge < -0.3 is 8.98 Å². The van der Waals surface area contributed by atoms with Crippen LogP contribution in [0.15, 0.2) is 211 Å². The van der Waals surface area contributed by atoms with E-state index in [0.717, 1.165) is 66.5 Å². The van der Waals surface area contributed by atoms with Crippen LogP contribution in [-0.2, 0) is 0 Å². The zero-order valence-electron chi connectivity index (χ0n) is 32.3. The molecule has 5 nitrogen and oxygen atoms in total. The van der Waals surface area contributed by atoms with Crippen molar-refractivity contribution in [3.8, 4) is 62.1 Å². The largest absolute Gasteiger partial charge is 0.456 e. The van der Waals surface area contributed by atoms with Crippen LogP contribution in [-0.4, -0.2) is 19.5 Å². The molecule has 0 aliphatic carbocycles. The van der Waals surface area contributed by atoms with Gasteiger partial charge in [0.15, 0.2) is 17.5 Å². The van der Waals surface area contributed by atoms with Gasteiger partial charge in [-0.05, 0) is 75.5 Å². The molecule has 0 radical (unpaired) electrons. The minimum atomic E-state index is 0.585. The third-order valence-electron chi connectivity index (χ3n) is 11.7. The fraction of sp³-hybridized carbons (Fsp3) is 0. The summed E-state index contributed by atoms with van der Waals surface area (Å²) in [7, 11) is 0. The average Bonchev–Trinajstić information content (AvgIpc) is 3.87. The molecule has 0 bridgehead atoms. The standard InChI is InChI=1S/C55H34N4O/c1-4-12-35(13-5-1)37-20-22-40(23-21-37)54-56-53(39-17-8-3-9-18-39)57-55(58-54)42-24-28-45-46-29-27-43(34-51(46)60-50(45)33-42)59-48-30-26-41(36-14-6-2-7-15-36)32-47(48)52-44-19-11-10-16-38(44)25-31-49(52)59/h1-34H. The van der Waals surface area contributed by atoms with Gasteiger partial charge in [-0.2, -0.15) is 0 Å². The second-order valence-corrected chi connectivity index (χ2v) is 15.2. The molecule has 0 amide bonds. The highest BCUT2D eigenvalue weighted by Gasteiger charge is 2.19. The summed E-state index contributed by atoms with van der Waals surface area (Å²) in [4.78, 5) is 15.0. The van der Waals surface area contributed by atoms with Crippen molar-refractivity contribution in [3.63, 3.8) is 0 Å². The third kappa shape index (κ3) is 5.67. The molecule has 0 unspecified atom stereocenters. The van der Waals surface area contributed by atoms with E-state index >= 15 is 0 Å². The Balaban J connectivity index is 0.980. The Morgan fingerprint density at radius 3 is 1.53 bits per heavy atom. The number of aromatic nitrogens is 4. The first-order chi connectivity index (χ1) is 29.7. The van der Waals surface area contributed by atoms with Gasteiger partial charge in [0.1, 0.15) is 11.2 Å². The molecule has 60 heavy (non-hydrogen) atoms.